The minimum absolute atomic E-state index is 0.179. The van der Waals surface area contributed by atoms with Crippen molar-refractivity contribution in [1.29, 1.82) is 0 Å². The zero-order chi connectivity index (χ0) is 13.1. The molecule has 0 bridgehead atoms. The van der Waals surface area contributed by atoms with Gasteiger partial charge in [-0.25, -0.2) is 9.97 Å². The zero-order valence-electron chi connectivity index (χ0n) is 11.0. The summed E-state index contributed by atoms with van der Waals surface area (Å²) in [5.74, 6) is 1.23. The van der Waals surface area contributed by atoms with Crippen molar-refractivity contribution in [1.82, 2.24) is 14.5 Å². The molecule has 1 atom stereocenters. The minimum Gasteiger partial charge on any atom is -0.380 e. The fraction of sp³-hybridized carbons (Fsp3) is 0.538. The van der Waals surface area contributed by atoms with Crippen molar-refractivity contribution in [3.63, 3.8) is 0 Å². The molecule has 2 aromatic rings. The van der Waals surface area contributed by atoms with Crippen molar-refractivity contribution in [2.75, 3.05) is 13.2 Å². The topological polar surface area (TPSA) is 39.9 Å². The third-order valence-corrected chi connectivity index (χ3v) is 3.22. The van der Waals surface area contributed by atoms with Crippen molar-refractivity contribution in [2.45, 2.75) is 32.7 Å². The van der Waals surface area contributed by atoms with Crippen LogP contribution in [0.2, 0.25) is 0 Å². The lowest BCUT2D eigenvalue weighted by atomic mass is 10.2. The van der Waals surface area contributed by atoms with Gasteiger partial charge in [-0.15, -0.1) is 11.6 Å². The number of rotatable bonds is 5. The first kappa shape index (κ1) is 13.3. The van der Waals surface area contributed by atoms with Crippen LogP contribution in [0.4, 0.5) is 0 Å². The van der Waals surface area contributed by atoms with Gasteiger partial charge in [0.05, 0.1) is 18.5 Å². The number of aromatic nitrogens is 3. The molecule has 0 N–H and O–H groups in total. The molecule has 0 aliphatic carbocycles. The lowest BCUT2D eigenvalue weighted by molar-refractivity contribution is 0.119. The number of ether oxygens (including phenoxy) is 1. The average molecular weight is 268 g/mol. The van der Waals surface area contributed by atoms with Gasteiger partial charge in [0.1, 0.15) is 11.3 Å². The van der Waals surface area contributed by atoms with E-state index in [1.807, 2.05) is 19.9 Å². The van der Waals surface area contributed by atoms with E-state index >= 15 is 0 Å². The Hall–Kier alpha value is -1.13. The number of halogens is 1. The maximum atomic E-state index is 5.98. The highest BCUT2D eigenvalue weighted by Gasteiger charge is 2.17. The highest BCUT2D eigenvalue weighted by atomic mass is 35.5. The summed E-state index contributed by atoms with van der Waals surface area (Å²) in [4.78, 5) is 9.00. The second-order valence-corrected chi connectivity index (χ2v) is 4.61. The van der Waals surface area contributed by atoms with E-state index in [1.165, 1.54) is 0 Å². The first-order valence-electron chi connectivity index (χ1n) is 6.15. The molecule has 0 aliphatic rings. The van der Waals surface area contributed by atoms with Gasteiger partial charge < -0.3 is 9.30 Å². The summed E-state index contributed by atoms with van der Waals surface area (Å²) in [6.45, 7) is 7.47. The fourth-order valence-corrected chi connectivity index (χ4v) is 2.26. The van der Waals surface area contributed by atoms with Gasteiger partial charge in [-0.1, -0.05) is 0 Å². The summed E-state index contributed by atoms with van der Waals surface area (Å²) in [6.07, 6.45) is 1.81. The predicted octanol–water partition coefficient (Wildman–Crippen LogP) is 3.08. The number of pyridine rings is 1. The van der Waals surface area contributed by atoms with Crippen LogP contribution in [0.25, 0.3) is 11.2 Å². The third kappa shape index (κ3) is 2.35. The van der Waals surface area contributed by atoms with Gasteiger partial charge in [0.25, 0.3) is 0 Å². The molecule has 2 aromatic heterocycles. The van der Waals surface area contributed by atoms with E-state index in [9.17, 15) is 0 Å². The molecule has 4 nitrogen and oxygen atoms in total. The Balaban J connectivity index is 2.50. The molecule has 0 aliphatic heterocycles. The first-order valence-corrected chi connectivity index (χ1v) is 6.68. The van der Waals surface area contributed by atoms with E-state index in [4.69, 9.17) is 16.3 Å². The maximum Gasteiger partial charge on any atom is 0.160 e. The quantitative estimate of drug-likeness (QED) is 0.782. The number of alkyl halides is 1. The van der Waals surface area contributed by atoms with Crippen LogP contribution in [-0.2, 0) is 10.6 Å². The van der Waals surface area contributed by atoms with Gasteiger partial charge in [0.15, 0.2) is 5.65 Å². The monoisotopic (exact) mass is 267 g/mol. The van der Waals surface area contributed by atoms with Crippen LogP contribution in [0.1, 0.15) is 31.3 Å². The Labute approximate surface area is 112 Å². The van der Waals surface area contributed by atoms with Crippen LogP contribution >= 0.6 is 11.6 Å². The molecule has 0 saturated heterocycles. The average Bonchev–Trinajstić information content (AvgIpc) is 2.76. The van der Waals surface area contributed by atoms with Crippen molar-refractivity contribution in [3.8, 4) is 0 Å². The van der Waals surface area contributed by atoms with E-state index in [2.05, 4.69) is 21.5 Å². The van der Waals surface area contributed by atoms with Crippen molar-refractivity contribution in [2.24, 2.45) is 0 Å². The smallest absolute Gasteiger partial charge is 0.160 e. The van der Waals surface area contributed by atoms with Gasteiger partial charge in [0.2, 0.25) is 0 Å². The summed E-state index contributed by atoms with van der Waals surface area (Å²) < 4.78 is 7.55. The SMILES string of the molecule is CCOCC(C)n1c(CCl)nc2c(C)ccnc21. The molecule has 1 unspecified atom stereocenters. The Kier molecular flexibility index (Phi) is 4.19. The van der Waals surface area contributed by atoms with Crippen LogP contribution in [0.15, 0.2) is 12.3 Å². The summed E-state index contributed by atoms with van der Waals surface area (Å²) in [5, 5.41) is 0. The summed E-state index contributed by atoms with van der Waals surface area (Å²) in [5.41, 5.74) is 2.93. The van der Waals surface area contributed by atoms with E-state index in [-0.39, 0.29) is 6.04 Å². The molecule has 2 rings (SSSR count). The van der Waals surface area contributed by atoms with Gasteiger partial charge in [-0.3, -0.25) is 0 Å². The molecule has 0 spiro atoms. The third-order valence-electron chi connectivity index (χ3n) is 2.98. The van der Waals surface area contributed by atoms with E-state index in [1.54, 1.807) is 6.20 Å². The minimum atomic E-state index is 0.179. The second-order valence-electron chi connectivity index (χ2n) is 4.34. The molecule has 0 aromatic carbocycles. The summed E-state index contributed by atoms with van der Waals surface area (Å²) in [7, 11) is 0. The zero-order valence-corrected chi connectivity index (χ0v) is 11.7. The molecular weight excluding hydrogens is 250 g/mol. The van der Waals surface area contributed by atoms with Gasteiger partial charge in [-0.05, 0) is 32.4 Å². The largest absolute Gasteiger partial charge is 0.380 e. The Bertz CT molecular complexity index is 538. The molecule has 0 radical (unpaired) electrons. The predicted molar refractivity (Wildman–Crippen MR) is 73.0 cm³/mol. The number of imidazole rings is 1. The lowest BCUT2D eigenvalue weighted by Gasteiger charge is -2.16. The number of aryl methyl sites for hydroxylation is 1. The standard InChI is InChI=1S/C13H18ClN3O/c1-4-18-8-10(3)17-11(7-14)16-12-9(2)5-6-15-13(12)17/h5-6,10H,4,7-8H2,1-3H3. The van der Waals surface area contributed by atoms with E-state index < -0.39 is 0 Å². The van der Waals surface area contributed by atoms with Crippen LogP contribution in [-0.4, -0.2) is 27.7 Å². The second kappa shape index (κ2) is 5.67. The fourth-order valence-electron chi connectivity index (χ4n) is 2.08. The van der Waals surface area contributed by atoms with Crippen molar-refractivity contribution >= 4 is 22.8 Å². The highest BCUT2D eigenvalue weighted by molar-refractivity contribution is 6.16. The van der Waals surface area contributed by atoms with Gasteiger partial charge in [0, 0.05) is 12.8 Å². The van der Waals surface area contributed by atoms with Crippen molar-refractivity contribution < 1.29 is 4.74 Å². The molecule has 2 heterocycles. The van der Waals surface area contributed by atoms with E-state index in [0.29, 0.717) is 19.1 Å². The first-order chi connectivity index (χ1) is 8.69. The van der Waals surface area contributed by atoms with Crippen LogP contribution in [0, 0.1) is 6.92 Å². The molecular formula is C13H18ClN3O. The summed E-state index contributed by atoms with van der Waals surface area (Å²) in [6, 6.07) is 2.14. The highest BCUT2D eigenvalue weighted by Crippen LogP contribution is 2.23. The Morgan fingerprint density at radius 3 is 2.94 bits per heavy atom. The van der Waals surface area contributed by atoms with E-state index in [0.717, 1.165) is 22.6 Å². The molecule has 98 valence electrons. The Morgan fingerprint density at radius 1 is 1.50 bits per heavy atom. The van der Waals surface area contributed by atoms with Gasteiger partial charge in [-0.2, -0.15) is 0 Å². The molecule has 18 heavy (non-hydrogen) atoms. The molecule has 0 fully saturated rings. The number of nitrogens with zero attached hydrogens (tertiary/aromatic N) is 3. The van der Waals surface area contributed by atoms with Crippen molar-refractivity contribution in [3.05, 3.63) is 23.7 Å². The number of fused-ring (bicyclic) bond motifs is 1. The Morgan fingerprint density at radius 2 is 2.28 bits per heavy atom. The summed E-state index contributed by atoms with van der Waals surface area (Å²) >= 11 is 5.98. The molecule has 0 amide bonds. The number of hydrogen-bond donors (Lipinski definition) is 0. The van der Waals surface area contributed by atoms with Crippen LogP contribution in [0.5, 0.6) is 0 Å². The molecule has 0 saturated carbocycles. The number of hydrogen-bond acceptors (Lipinski definition) is 3. The maximum absolute atomic E-state index is 5.98. The van der Waals surface area contributed by atoms with Crippen LogP contribution in [0.3, 0.4) is 0 Å². The van der Waals surface area contributed by atoms with Crippen LogP contribution < -0.4 is 0 Å². The van der Waals surface area contributed by atoms with Gasteiger partial charge >= 0.3 is 0 Å². The normalized spacial score (nSPS) is 13.1. The molecule has 5 heteroatoms. The lowest BCUT2D eigenvalue weighted by Crippen LogP contribution is -2.15.